The van der Waals surface area contributed by atoms with Crippen molar-refractivity contribution in [1.29, 1.82) is 0 Å². The Morgan fingerprint density at radius 2 is 0.583 bits per heavy atom. The lowest BCUT2D eigenvalue weighted by Gasteiger charge is -2.35. The van der Waals surface area contributed by atoms with E-state index in [0.717, 1.165) is 0 Å². The number of hydrogen-bond acceptors (Lipinski definition) is 4. The lowest BCUT2D eigenvalue weighted by atomic mass is 10.1. The summed E-state index contributed by atoms with van der Waals surface area (Å²) in [5, 5.41) is 0. The Bertz CT molecular complexity index is 568. The zero-order chi connectivity index (χ0) is 28.3. The lowest BCUT2D eigenvalue weighted by molar-refractivity contribution is -0.910. The molecule has 0 saturated heterocycles. The summed E-state index contributed by atoms with van der Waals surface area (Å²) in [7, 11) is -6.77. The van der Waals surface area contributed by atoms with Crippen LogP contribution in [0.3, 0.4) is 0 Å². The fourth-order valence-corrected chi connectivity index (χ4v) is 4.16. The van der Waals surface area contributed by atoms with E-state index in [1.807, 2.05) is 0 Å². The van der Waals surface area contributed by atoms with Gasteiger partial charge in [-0.15, -0.1) is 0 Å². The zero-order valence-electron chi connectivity index (χ0n) is 23.5. The molecule has 36 heavy (non-hydrogen) atoms. The molecule has 0 unspecified atom stereocenters. The van der Waals surface area contributed by atoms with Crippen LogP contribution < -0.4 is 0 Å². The second kappa shape index (κ2) is 26.3. The predicted octanol–water partition coefficient (Wildman–Crippen LogP) is 7.21. The fourth-order valence-electron chi connectivity index (χ4n) is 4.16. The van der Waals surface area contributed by atoms with Crippen molar-refractivity contribution in [2.75, 3.05) is 26.7 Å². The van der Waals surface area contributed by atoms with Crippen LogP contribution in [0.2, 0.25) is 0 Å². The molecule has 0 spiro atoms. The van der Waals surface area contributed by atoms with E-state index in [2.05, 4.69) is 27.8 Å². The van der Waals surface area contributed by atoms with Gasteiger partial charge in [0.25, 0.3) is 0 Å². The maximum Gasteiger partial charge on any atom is 0.394 e. The highest BCUT2D eigenvalue weighted by Gasteiger charge is 2.20. The largest absolute Gasteiger partial charge is 0.394 e. The van der Waals surface area contributed by atoms with Gasteiger partial charge in [0, 0.05) is 0 Å². The molecule has 222 valence electrons. The Balaban J connectivity index is -0.000000910. The second-order valence-electron chi connectivity index (χ2n) is 9.99. The maximum absolute atomic E-state index is 8.74. The van der Waals surface area contributed by atoms with Crippen LogP contribution in [0, 0.1) is 0 Å². The van der Waals surface area contributed by atoms with Gasteiger partial charge in [0.2, 0.25) is 0 Å². The van der Waals surface area contributed by atoms with E-state index in [1.165, 1.54) is 140 Å². The molecule has 0 aliphatic carbocycles. The molecule has 0 fully saturated rings. The molecule has 0 aromatic carbocycles. The Morgan fingerprint density at radius 3 is 0.778 bits per heavy atom. The van der Waals surface area contributed by atoms with Gasteiger partial charge in [0.05, 0.1) is 26.7 Å². The van der Waals surface area contributed by atoms with E-state index in [-0.39, 0.29) is 0 Å². The van der Waals surface area contributed by atoms with Crippen LogP contribution in [0.25, 0.3) is 0 Å². The number of quaternary nitrogens is 1. The highest BCUT2D eigenvalue weighted by atomic mass is 32.3. The van der Waals surface area contributed by atoms with Crippen molar-refractivity contribution in [3.63, 3.8) is 0 Å². The molecule has 0 saturated carbocycles. The van der Waals surface area contributed by atoms with Gasteiger partial charge < -0.3 is 4.48 Å². The molecule has 0 aromatic rings. The molecule has 9 nitrogen and oxygen atoms in total. The van der Waals surface area contributed by atoms with Crippen molar-refractivity contribution in [3.8, 4) is 0 Å². The predicted molar refractivity (Wildman–Crippen MR) is 149 cm³/mol. The van der Waals surface area contributed by atoms with Crippen molar-refractivity contribution in [2.45, 2.75) is 136 Å². The highest BCUT2D eigenvalue weighted by Crippen LogP contribution is 2.16. The SMILES string of the molecule is CCCCCCCC[N+](C)(CCCCCCCC)CCCCCCCC.O=S(=O)(O)O.O=S(=O)(O)O. The van der Waals surface area contributed by atoms with E-state index in [1.54, 1.807) is 0 Å². The van der Waals surface area contributed by atoms with Crippen LogP contribution in [-0.2, 0) is 20.8 Å². The van der Waals surface area contributed by atoms with Crippen LogP contribution in [0.15, 0.2) is 0 Å². The first kappa shape index (κ1) is 40.2. The van der Waals surface area contributed by atoms with E-state index in [9.17, 15) is 0 Å². The van der Waals surface area contributed by atoms with Gasteiger partial charge in [-0.25, -0.2) is 0 Å². The normalized spacial score (nSPS) is 11.9. The molecular weight excluding hydrogens is 506 g/mol. The quantitative estimate of drug-likeness (QED) is 0.0649. The zero-order valence-corrected chi connectivity index (χ0v) is 25.2. The van der Waals surface area contributed by atoms with Gasteiger partial charge in [0.1, 0.15) is 0 Å². The Hall–Kier alpha value is -0.300. The summed E-state index contributed by atoms with van der Waals surface area (Å²) in [6, 6.07) is 0. The van der Waals surface area contributed by atoms with Crippen molar-refractivity contribution in [3.05, 3.63) is 0 Å². The summed E-state index contributed by atoms with van der Waals surface area (Å²) in [5.41, 5.74) is 0. The monoisotopic (exact) mass is 564 g/mol. The van der Waals surface area contributed by atoms with E-state index in [0.29, 0.717) is 0 Å². The van der Waals surface area contributed by atoms with Crippen molar-refractivity contribution >= 4 is 20.8 Å². The van der Waals surface area contributed by atoms with Crippen molar-refractivity contribution in [2.24, 2.45) is 0 Å². The smallest absolute Gasteiger partial charge is 0.326 e. The summed E-state index contributed by atoms with van der Waals surface area (Å²) in [6.07, 6.45) is 25.9. The third-order valence-electron chi connectivity index (χ3n) is 6.15. The summed E-state index contributed by atoms with van der Waals surface area (Å²) in [6.45, 7) is 11.2. The van der Waals surface area contributed by atoms with Gasteiger partial charge in [-0.05, 0) is 38.5 Å². The third kappa shape index (κ3) is 50.5. The molecule has 0 aliphatic rings. The molecule has 0 atom stereocenters. The Labute approximate surface area is 223 Å². The molecule has 0 amide bonds. The number of unbranched alkanes of at least 4 members (excludes halogenated alkanes) is 15. The minimum Gasteiger partial charge on any atom is -0.326 e. The molecule has 11 heteroatoms. The van der Waals surface area contributed by atoms with Crippen LogP contribution in [0.1, 0.15) is 136 Å². The molecule has 0 aliphatic heterocycles. The molecule has 4 N–H and O–H groups in total. The first-order chi connectivity index (χ1) is 16.7. The first-order valence-electron chi connectivity index (χ1n) is 13.9. The minimum atomic E-state index is -4.67. The number of nitrogens with zero attached hydrogens (tertiary/aromatic N) is 1. The van der Waals surface area contributed by atoms with Gasteiger partial charge >= 0.3 is 20.8 Å². The fraction of sp³-hybridized carbons (Fsp3) is 1.00. The molecule has 0 aromatic heterocycles. The summed E-state index contributed by atoms with van der Waals surface area (Å²) in [4.78, 5) is 0. The summed E-state index contributed by atoms with van der Waals surface area (Å²) >= 11 is 0. The van der Waals surface area contributed by atoms with E-state index >= 15 is 0 Å². The van der Waals surface area contributed by atoms with Crippen LogP contribution in [0.4, 0.5) is 0 Å². The van der Waals surface area contributed by atoms with Crippen LogP contribution in [0.5, 0.6) is 0 Å². The second-order valence-corrected chi connectivity index (χ2v) is 11.8. The number of rotatable bonds is 21. The topological polar surface area (TPSA) is 149 Å². The van der Waals surface area contributed by atoms with Crippen LogP contribution in [-0.4, -0.2) is 66.2 Å². The molecule has 0 bridgehead atoms. The summed E-state index contributed by atoms with van der Waals surface area (Å²) in [5.74, 6) is 0. The Kier molecular flexibility index (Phi) is 29.4. The minimum absolute atomic E-state index is 1.36. The lowest BCUT2D eigenvalue weighted by Crippen LogP contribution is -2.46. The van der Waals surface area contributed by atoms with Gasteiger partial charge in [-0.3, -0.25) is 18.2 Å². The molecular formula is C25H58NO8S2+. The molecule has 0 radical (unpaired) electrons. The molecule has 0 heterocycles. The first-order valence-corrected chi connectivity index (χ1v) is 16.7. The maximum atomic E-state index is 8.74. The van der Waals surface area contributed by atoms with Crippen LogP contribution >= 0.6 is 0 Å². The van der Waals surface area contributed by atoms with Crippen molar-refractivity contribution < 1.29 is 39.5 Å². The Morgan fingerprint density at radius 1 is 0.417 bits per heavy atom. The average Bonchev–Trinajstić information content (AvgIpc) is 2.73. The highest BCUT2D eigenvalue weighted by molar-refractivity contribution is 7.80. The summed E-state index contributed by atoms with van der Waals surface area (Å²) < 4.78 is 64.5. The van der Waals surface area contributed by atoms with E-state index in [4.69, 9.17) is 35.0 Å². The van der Waals surface area contributed by atoms with E-state index < -0.39 is 20.8 Å². The van der Waals surface area contributed by atoms with Crippen molar-refractivity contribution in [1.82, 2.24) is 0 Å². The van der Waals surface area contributed by atoms with Gasteiger partial charge in [-0.1, -0.05) is 97.8 Å². The third-order valence-corrected chi connectivity index (χ3v) is 6.15. The van der Waals surface area contributed by atoms with Gasteiger partial charge in [0.15, 0.2) is 0 Å². The average molecular weight is 565 g/mol. The molecule has 0 rings (SSSR count). The number of hydrogen-bond donors (Lipinski definition) is 4. The van der Waals surface area contributed by atoms with Gasteiger partial charge in [-0.2, -0.15) is 16.8 Å². The standard InChI is InChI=1S/C25H54N.2H2O4S/c1-5-8-11-14-17-20-23-26(4,24-21-18-15-12-9-6-2)25-22-19-16-13-10-7-3;2*1-5(2,3)4/h5-25H2,1-4H3;2*(H2,1,2,3,4)/q+1;;.